The fourth-order valence-corrected chi connectivity index (χ4v) is 3.42. The molecule has 6 nitrogen and oxygen atoms in total. The summed E-state index contributed by atoms with van der Waals surface area (Å²) in [7, 11) is 3.13. The quantitative estimate of drug-likeness (QED) is 0.588. The molecule has 7 heteroatoms. The van der Waals surface area contributed by atoms with Crippen molar-refractivity contribution in [3.8, 4) is 17.2 Å². The molecule has 0 aliphatic rings. The molecule has 2 aromatic carbocycles. The lowest BCUT2D eigenvalue weighted by Crippen LogP contribution is -2.15. The van der Waals surface area contributed by atoms with E-state index in [-0.39, 0.29) is 12.3 Å². The van der Waals surface area contributed by atoms with Crippen LogP contribution in [0.15, 0.2) is 41.8 Å². The van der Waals surface area contributed by atoms with Crippen molar-refractivity contribution < 1.29 is 19.0 Å². The van der Waals surface area contributed by atoms with Crippen molar-refractivity contribution in [2.75, 3.05) is 19.5 Å². The second kappa shape index (κ2) is 9.43. The van der Waals surface area contributed by atoms with E-state index in [1.54, 1.807) is 32.4 Å². The molecule has 152 valence electrons. The molecule has 0 saturated heterocycles. The smallest absolute Gasteiger partial charge is 0.230 e. The Bertz CT molecular complexity index is 1000. The molecule has 1 N–H and O–H groups in total. The van der Waals surface area contributed by atoms with Crippen LogP contribution in [-0.2, 0) is 17.8 Å². The number of benzene rings is 2. The number of rotatable bonds is 8. The van der Waals surface area contributed by atoms with Gasteiger partial charge in [-0.05, 0) is 49.2 Å². The molecule has 0 aliphatic carbocycles. The number of amides is 1. The molecule has 0 bridgehead atoms. The summed E-state index contributed by atoms with van der Waals surface area (Å²) in [6.45, 7) is 4.50. The number of hydrogen-bond donors (Lipinski definition) is 1. The third-order valence-corrected chi connectivity index (χ3v) is 5.33. The van der Waals surface area contributed by atoms with E-state index in [2.05, 4.69) is 24.1 Å². The van der Waals surface area contributed by atoms with Gasteiger partial charge in [0.15, 0.2) is 0 Å². The van der Waals surface area contributed by atoms with Crippen LogP contribution in [0.3, 0.4) is 0 Å². The van der Waals surface area contributed by atoms with Gasteiger partial charge in [-0.15, -0.1) is 11.3 Å². The first-order valence-electron chi connectivity index (χ1n) is 9.13. The minimum atomic E-state index is -0.177. The number of ether oxygens (including phenoxy) is 3. The number of nitrogens with zero attached hydrogens (tertiary/aromatic N) is 1. The van der Waals surface area contributed by atoms with Crippen LogP contribution in [0.1, 0.15) is 21.8 Å². The third kappa shape index (κ3) is 5.48. The molecule has 1 amide bonds. The number of methoxy groups -OCH3 is 2. The highest BCUT2D eigenvalue weighted by Crippen LogP contribution is 2.29. The Balaban J connectivity index is 1.58. The minimum Gasteiger partial charge on any atom is -0.497 e. The van der Waals surface area contributed by atoms with Crippen LogP contribution in [0.4, 0.5) is 5.69 Å². The first-order valence-corrected chi connectivity index (χ1v) is 10.0. The minimum absolute atomic E-state index is 0.167. The molecule has 0 saturated carbocycles. The number of hydrogen-bond acceptors (Lipinski definition) is 6. The Morgan fingerprint density at radius 1 is 1.03 bits per heavy atom. The zero-order valence-corrected chi connectivity index (χ0v) is 17.8. The predicted octanol–water partition coefficient (Wildman–Crippen LogP) is 4.54. The highest BCUT2D eigenvalue weighted by atomic mass is 32.1. The van der Waals surface area contributed by atoms with Crippen LogP contribution in [0.25, 0.3) is 0 Å². The van der Waals surface area contributed by atoms with Crippen LogP contribution < -0.4 is 19.5 Å². The number of carbonyl (C=O) groups is 1. The van der Waals surface area contributed by atoms with E-state index in [9.17, 15) is 4.79 Å². The van der Waals surface area contributed by atoms with Crippen LogP contribution >= 0.6 is 11.3 Å². The van der Waals surface area contributed by atoms with Gasteiger partial charge >= 0.3 is 0 Å². The molecular formula is C22H24N2O4S. The van der Waals surface area contributed by atoms with Gasteiger partial charge in [-0.3, -0.25) is 4.79 Å². The fourth-order valence-electron chi connectivity index (χ4n) is 2.72. The molecule has 29 heavy (non-hydrogen) atoms. The van der Waals surface area contributed by atoms with Crippen molar-refractivity contribution in [3.05, 3.63) is 63.6 Å². The summed E-state index contributed by atoms with van der Waals surface area (Å²) in [6.07, 6.45) is 0.167. The van der Waals surface area contributed by atoms with Crippen molar-refractivity contribution in [3.63, 3.8) is 0 Å². The number of aromatic nitrogens is 1. The van der Waals surface area contributed by atoms with E-state index in [1.807, 2.05) is 23.6 Å². The molecule has 1 heterocycles. The lowest BCUT2D eigenvalue weighted by atomic mass is 10.1. The number of aryl methyl sites for hydroxylation is 2. The average Bonchev–Trinajstić information content (AvgIpc) is 3.15. The first kappa shape index (κ1) is 20.7. The predicted molar refractivity (Wildman–Crippen MR) is 114 cm³/mol. The van der Waals surface area contributed by atoms with E-state index in [0.29, 0.717) is 29.5 Å². The summed E-state index contributed by atoms with van der Waals surface area (Å²) in [5.41, 5.74) is 3.68. The lowest BCUT2D eigenvalue weighted by Gasteiger charge is -2.11. The van der Waals surface area contributed by atoms with Gasteiger partial charge in [0.2, 0.25) is 5.91 Å². The van der Waals surface area contributed by atoms with Crippen molar-refractivity contribution in [1.82, 2.24) is 4.98 Å². The Labute approximate surface area is 174 Å². The number of thiazole rings is 1. The molecular weight excluding hydrogens is 388 g/mol. The molecule has 0 atom stereocenters. The SMILES string of the molecule is COc1ccc(OC)c(NC(=O)Cc2csc(COc3ccc(C)c(C)c3)n2)c1. The number of carbonyl (C=O) groups excluding carboxylic acids is 1. The molecule has 0 aliphatic heterocycles. The van der Waals surface area contributed by atoms with Gasteiger partial charge in [0, 0.05) is 11.4 Å². The van der Waals surface area contributed by atoms with Crippen molar-refractivity contribution in [1.29, 1.82) is 0 Å². The zero-order valence-electron chi connectivity index (χ0n) is 16.9. The maximum absolute atomic E-state index is 12.4. The summed E-state index contributed by atoms with van der Waals surface area (Å²) in [4.78, 5) is 16.9. The topological polar surface area (TPSA) is 69.7 Å². The van der Waals surface area contributed by atoms with E-state index >= 15 is 0 Å². The van der Waals surface area contributed by atoms with Gasteiger partial charge in [-0.1, -0.05) is 6.07 Å². The Kier molecular flexibility index (Phi) is 6.72. The van der Waals surface area contributed by atoms with E-state index in [0.717, 1.165) is 10.8 Å². The van der Waals surface area contributed by atoms with Gasteiger partial charge < -0.3 is 19.5 Å². The van der Waals surface area contributed by atoms with Crippen LogP contribution in [0.2, 0.25) is 0 Å². The third-order valence-electron chi connectivity index (χ3n) is 4.46. The standard InChI is InChI=1S/C22H24N2O4S/c1-14-5-6-18(9-15(14)2)28-12-22-23-16(13-29-22)10-21(25)24-19-11-17(26-3)7-8-20(19)27-4/h5-9,11,13H,10,12H2,1-4H3,(H,24,25). The normalized spacial score (nSPS) is 10.5. The van der Waals surface area contributed by atoms with Crippen LogP contribution in [0, 0.1) is 13.8 Å². The largest absolute Gasteiger partial charge is 0.497 e. The molecule has 0 spiro atoms. The summed E-state index contributed by atoms with van der Waals surface area (Å²) in [6, 6.07) is 11.2. The van der Waals surface area contributed by atoms with Crippen LogP contribution in [0.5, 0.6) is 17.2 Å². The zero-order chi connectivity index (χ0) is 20.8. The van der Waals surface area contributed by atoms with E-state index in [1.165, 1.54) is 22.5 Å². The maximum atomic E-state index is 12.4. The summed E-state index contributed by atoms with van der Waals surface area (Å²) < 4.78 is 16.3. The van der Waals surface area contributed by atoms with Gasteiger partial charge in [-0.25, -0.2) is 4.98 Å². The second-order valence-corrected chi connectivity index (χ2v) is 7.50. The van der Waals surface area contributed by atoms with Crippen molar-refractivity contribution in [2.45, 2.75) is 26.9 Å². The lowest BCUT2D eigenvalue weighted by molar-refractivity contribution is -0.115. The van der Waals surface area contributed by atoms with E-state index < -0.39 is 0 Å². The molecule has 0 fully saturated rings. The van der Waals surface area contributed by atoms with Crippen molar-refractivity contribution >= 4 is 22.9 Å². The Hall–Kier alpha value is -3.06. The molecule has 0 unspecified atom stereocenters. The Morgan fingerprint density at radius 3 is 2.55 bits per heavy atom. The maximum Gasteiger partial charge on any atom is 0.230 e. The highest BCUT2D eigenvalue weighted by molar-refractivity contribution is 7.09. The molecule has 1 aromatic heterocycles. The van der Waals surface area contributed by atoms with Gasteiger partial charge in [0.05, 0.1) is 32.0 Å². The summed E-state index contributed by atoms with van der Waals surface area (Å²) in [5, 5.41) is 5.55. The number of anilines is 1. The summed E-state index contributed by atoms with van der Waals surface area (Å²) >= 11 is 1.48. The second-order valence-electron chi connectivity index (χ2n) is 6.56. The van der Waals surface area contributed by atoms with Gasteiger partial charge in [0.1, 0.15) is 28.9 Å². The van der Waals surface area contributed by atoms with Gasteiger partial charge in [0.25, 0.3) is 0 Å². The average molecular weight is 413 g/mol. The highest BCUT2D eigenvalue weighted by Gasteiger charge is 2.12. The molecule has 0 radical (unpaired) electrons. The van der Waals surface area contributed by atoms with Crippen molar-refractivity contribution in [2.24, 2.45) is 0 Å². The van der Waals surface area contributed by atoms with Crippen LogP contribution in [-0.4, -0.2) is 25.1 Å². The van der Waals surface area contributed by atoms with E-state index in [4.69, 9.17) is 14.2 Å². The first-order chi connectivity index (χ1) is 14.0. The van der Waals surface area contributed by atoms with Gasteiger partial charge in [-0.2, -0.15) is 0 Å². The Morgan fingerprint density at radius 2 is 1.83 bits per heavy atom. The molecule has 3 aromatic rings. The fraction of sp³-hybridized carbons (Fsp3) is 0.273. The monoisotopic (exact) mass is 412 g/mol. The number of nitrogens with one attached hydrogen (secondary N) is 1. The summed E-state index contributed by atoms with van der Waals surface area (Å²) in [5.74, 6) is 1.84. The molecule has 3 rings (SSSR count).